The van der Waals surface area contributed by atoms with Gasteiger partial charge < -0.3 is 15.0 Å². The van der Waals surface area contributed by atoms with E-state index in [1.807, 2.05) is 30.3 Å². The van der Waals surface area contributed by atoms with Crippen molar-refractivity contribution in [3.05, 3.63) is 68.6 Å². The quantitative estimate of drug-likeness (QED) is 0.827. The van der Waals surface area contributed by atoms with Gasteiger partial charge in [-0.3, -0.25) is 9.59 Å². The molecule has 4 rings (SSSR count). The first-order chi connectivity index (χ1) is 13.0. The fourth-order valence-corrected chi connectivity index (χ4v) is 3.75. The van der Waals surface area contributed by atoms with Gasteiger partial charge in [0.15, 0.2) is 0 Å². The van der Waals surface area contributed by atoms with E-state index in [1.165, 1.54) is 0 Å². The molecule has 1 saturated carbocycles. The van der Waals surface area contributed by atoms with Gasteiger partial charge in [-0.1, -0.05) is 29.8 Å². The third-order valence-electron chi connectivity index (χ3n) is 5.11. The van der Waals surface area contributed by atoms with Gasteiger partial charge in [-0.05, 0) is 48.9 Å². The summed E-state index contributed by atoms with van der Waals surface area (Å²) in [4.78, 5) is 27.1. The SMILES string of the molecule is COc1ccc(/C(=C\[C@H]2CCC(=O)N2)c2ccc(C3CC3)c(=O)[nH]2)cc1Cl. The molecule has 1 aliphatic carbocycles. The Hall–Kier alpha value is -2.53. The van der Waals surface area contributed by atoms with Crippen molar-refractivity contribution < 1.29 is 9.53 Å². The van der Waals surface area contributed by atoms with Crippen molar-refractivity contribution >= 4 is 23.1 Å². The van der Waals surface area contributed by atoms with Crippen LogP contribution < -0.4 is 15.6 Å². The number of halogens is 1. The van der Waals surface area contributed by atoms with Crippen LogP contribution >= 0.6 is 11.6 Å². The molecule has 2 aliphatic rings. The largest absolute Gasteiger partial charge is 0.495 e. The van der Waals surface area contributed by atoms with Crippen LogP contribution in [-0.4, -0.2) is 24.0 Å². The van der Waals surface area contributed by atoms with Gasteiger partial charge in [0, 0.05) is 29.3 Å². The summed E-state index contributed by atoms with van der Waals surface area (Å²) in [5.41, 5.74) is 3.21. The first-order valence-corrected chi connectivity index (χ1v) is 9.51. The maximum atomic E-state index is 12.5. The van der Waals surface area contributed by atoms with Crippen molar-refractivity contribution in [1.82, 2.24) is 10.3 Å². The molecule has 2 aromatic rings. The second kappa shape index (κ2) is 7.24. The van der Waals surface area contributed by atoms with E-state index in [1.54, 1.807) is 13.2 Å². The summed E-state index contributed by atoms with van der Waals surface area (Å²) in [6.45, 7) is 0. The minimum absolute atomic E-state index is 0.0425. The molecule has 0 radical (unpaired) electrons. The van der Waals surface area contributed by atoms with Crippen LogP contribution in [0.4, 0.5) is 0 Å². The van der Waals surface area contributed by atoms with E-state index >= 15 is 0 Å². The molecule has 140 valence electrons. The molecule has 1 aromatic heterocycles. The number of hydrogen-bond donors (Lipinski definition) is 2. The van der Waals surface area contributed by atoms with Gasteiger partial charge in [0.1, 0.15) is 5.75 Å². The number of carbonyl (C=O) groups excluding carboxylic acids is 1. The summed E-state index contributed by atoms with van der Waals surface area (Å²) in [5.74, 6) is 1.02. The zero-order chi connectivity index (χ0) is 19.0. The van der Waals surface area contributed by atoms with Gasteiger partial charge in [-0.15, -0.1) is 0 Å². The fraction of sp³-hybridized carbons (Fsp3) is 0.333. The van der Waals surface area contributed by atoms with Gasteiger partial charge in [-0.2, -0.15) is 0 Å². The molecule has 1 aliphatic heterocycles. The molecule has 5 nitrogen and oxygen atoms in total. The van der Waals surface area contributed by atoms with Crippen molar-refractivity contribution in [3.63, 3.8) is 0 Å². The molecule has 2 N–H and O–H groups in total. The number of methoxy groups -OCH3 is 1. The van der Waals surface area contributed by atoms with Crippen LogP contribution in [-0.2, 0) is 4.79 Å². The zero-order valence-electron chi connectivity index (χ0n) is 15.0. The van der Waals surface area contributed by atoms with Crippen molar-refractivity contribution in [3.8, 4) is 5.75 Å². The Morgan fingerprint density at radius 3 is 2.59 bits per heavy atom. The first-order valence-electron chi connectivity index (χ1n) is 9.14. The third kappa shape index (κ3) is 3.78. The lowest BCUT2D eigenvalue weighted by molar-refractivity contribution is -0.119. The Morgan fingerprint density at radius 2 is 2.00 bits per heavy atom. The van der Waals surface area contributed by atoms with E-state index in [4.69, 9.17) is 16.3 Å². The lowest BCUT2D eigenvalue weighted by Gasteiger charge is -2.14. The maximum Gasteiger partial charge on any atom is 0.251 e. The number of carbonyl (C=O) groups is 1. The molecule has 0 unspecified atom stereocenters. The van der Waals surface area contributed by atoms with Crippen LogP contribution in [0, 0.1) is 0 Å². The number of nitrogens with one attached hydrogen (secondary N) is 2. The number of aromatic nitrogens is 1. The van der Waals surface area contributed by atoms with E-state index in [0.717, 1.165) is 36.0 Å². The highest BCUT2D eigenvalue weighted by Gasteiger charge is 2.26. The van der Waals surface area contributed by atoms with Crippen LogP contribution in [0.5, 0.6) is 5.75 Å². The molecule has 1 atom stereocenters. The number of ether oxygens (including phenoxy) is 1. The maximum absolute atomic E-state index is 12.5. The average Bonchev–Trinajstić information content (AvgIpc) is 3.41. The standard InChI is InChI=1S/C21H21ClN2O3/c1-27-19-8-4-13(10-17(19)22)16(11-14-5-9-20(25)23-14)18-7-6-15(12-2-3-12)21(26)24-18/h4,6-8,10-12,14H,2-3,5,9H2,1H3,(H,23,25)(H,24,26)/b16-11+/t14-/m1/s1. The summed E-state index contributed by atoms with van der Waals surface area (Å²) in [6.07, 6.45) is 5.39. The Morgan fingerprint density at radius 1 is 1.19 bits per heavy atom. The van der Waals surface area contributed by atoms with Crippen LogP contribution in [0.15, 0.2) is 41.2 Å². The van der Waals surface area contributed by atoms with Crippen molar-refractivity contribution in [2.75, 3.05) is 7.11 Å². The normalized spacial score (nSPS) is 19.9. The van der Waals surface area contributed by atoms with E-state index in [9.17, 15) is 9.59 Å². The zero-order valence-corrected chi connectivity index (χ0v) is 15.8. The van der Waals surface area contributed by atoms with Gasteiger partial charge in [0.25, 0.3) is 5.56 Å². The van der Waals surface area contributed by atoms with Crippen LogP contribution in [0.1, 0.15) is 48.4 Å². The third-order valence-corrected chi connectivity index (χ3v) is 5.40. The molecular weight excluding hydrogens is 364 g/mol. The molecular formula is C21H21ClN2O3. The van der Waals surface area contributed by atoms with Crippen molar-refractivity contribution in [1.29, 1.82) is 0 Å². The summed E-state index contributed by atoms with van der Waals surface area (Å²) < 4.78 is 5.23. The van der Waals surface area contributed by atoms with Crippen LogP contribution in [0.3, 0.4) is 0 Å². The number of aromatic amines is 1. The van der Waals surface area contributed by atoms with Crippen molar-refractivity contribution in [2.24, 2.45) is 0 Å². The van der Waals surface area contributed by atoms with Gasteiger partial charge >= 0.3 is 0 Å². The highest BCUT2D eigenvalue weighted by Crippen LogP contribution is 2.38. The molecule has 2 fully saturated rings. The van der Waals surface area contributed by atoms with Crippen LogP contribution in [0.25, 0.3) is 5.57 Å². The van der Waals surface area contributed by atoms with E-state index in [-0.39, 0.29) is 17.5 Å². The number of hydrogen-bond acceptors (Lipinski definition) is 3. The molecule has 1 amide bonds. The summed E-state index contributed by atoms with van der Waals surface area (Å²) in [6, 6.07) is 9.31. The summed E-state index contributed by atoms with van der Waals surface area (Å²) >= 11 is 6.31. The van der Waals surface area contributed by atoms with Gasteiger partial charge in [0.2, 0.25) is 5.91 Å². The second-order valence-corrected chi connectivity index (χ2v) is 7.48. The molecule has 1 saturated heterocycles. The molecule has 27 heavy (non-hydrogen) atoms. The van der Waals surface area contributed by atoms with Crippen molar-refractivity contribution in [2.45, 2.75) is 37.6 Å². The predicted molar refractivity (Wildman–Crippen MR) is 105 cm³/mol. The fourth-order valence-electron chi connectivity index (χ4n) is 3.50. The van der Waals surface area contributed by atoms with Gasteiger partial charge in [-0.25, -0.2) is 0 Å². The van der Waals surface area contributed by atoms with E-state index in [2.05, 4.69) is 10.3 Å². The number of amides is 1. The Balaban J connectivity index is 1.77. The van der Waals surface area contributed by atoms with Crippen LogP contribution in [0.2, 0.25) is 5.02 Å². The summed E-state index contributed by atoms with van der Waals surface area (Å²) in [7, 11) is 1.57. The smallest absolute Gasteiger partial charge is 0.251 e. The minimum Gasteiger partial charge on any atom is -0.495 e. The molecule has 1 aromatic carbocycles. The highest BCUT2D eigenvalue weighted by atomic mass is 35.5. The minimum atomic E-state index is -0.0695. The molecule has 0 bridgehead atoms. The van der Waals surface area contributed by atoms with E-state index < -0.39 is 0 Å². The second-order valence-electron chi connectivity index (χ2n) is 7.07. The Labute approximate surface area is 162 Å². The Kier molecular flexibility index (Phi) is 4.79. The Bertz CT molecular complexity index is 976. The topological polar surface area (TPSA) is 71.2 Å². The number of benzene rings is 1. The lowest BCUT2D eigenvalue weighted by Crippen LogP contribution is -2.23. The highest BCUT2D eigenvalue weighted by molar-refractivity contribution is 6.32. The monoisotopic (exact) mass is 384 g/mol. The molecule has 6 heteroatoms. The number of H-pyrrole nitrogens is 1. The first kappa shape index (κ1) is 17.9. The molecule has 2 heterocycles. The average molecular weight is 385 g/mol. The molecule has 0 spiro atoms. The van der Waals surface area contributed by atoms with Gasteiger partial charge in [0.05, 0.1) is 12.1 Å². The number of pyridine rings is 1. The van der Waals surface area contributed by atoms with E-state index in [0.29, 0.717) is 28.8 Å². The predicted octanol–water partition coefficient (Wildman–Crippen LogP) is 3.62. The summed E-state index contributed by atoms with van der Waals surface area (Å²) in [5, 5.41) is 3.44. The number of rotatable bonds is 5. The lowest BCUT2D eigenvalue weighted by atomic mass is 9.98.